The summed E-state index contributed by atoms with van der Waals surface area (Å²) in [5, 5.41) is 4.17. The highest BCUT2D eigenvalue weighted by atomic mass is 35.5. The molecular weight excluding hydrogens is 465 g/mol. The van der Waals surface area contributed by atoms with Gasteiger partial charge in [0.25, 0.3) is 0 Å². The summed E-state index contributed by atoms with van der Waals surface area (Å²) in [5.74, 6) is 0.827. The summed E-state index contributed by atoms with van der Waals surface area (Å²) in [6.45, 7) is 5.08. The molecule has 1 saturated heterocycles. The predicted octanol–water partition coefficient (Wildman–Crippen LogP) is 8.47. The third kappa shape index (κ3) is 4.08. The van der Waals surface area contributed by atoms with Gasteiger partial charge in [-0.15, -0.1) is 0 Å². The fraction of sp³-hybridized carbons (Fsp3) is 0.308. The summed E-state index contributed by atoms with van der Waals surface area (Å²) < 4.78 is 13.5. The fourth-order valence-electron chi connectivity index (χ4n) is 4.94. The monoisotopic (exact) mass is 488 g/mol. The van der Waals surface area contributed by atoms with Gasteiger partial charge in [0.1, 0.15) is 23.5 Å². The zero-order chi connectivity index (χ0) is 22.3. The van der Waals surface area contributed by atoms with Crippen LogP contribution in [-0.4, -0.2) is 23.8 Å². The maximum Gasteiger partial charge on any atom is 0.233 e. The predicted molar refractivity (Wildman–Crippen MR) is 133 cm³/mol. The SMILES string of the molecule is CC[N+]1(Cc2ccc(Cl)cc2Cl)CCCCC1Oc1ccc2c(c1)oc1cc(Cl)ccc12. The number of quaternary nitrogens is 1. The smallest absolute Gasteiger partial charge is 0.233 e. The summed E-state index contributed by atoms with van der Waals surface area (Å²) in [5.41, 5.74) is 2.71. The molecule has 0 aliphatic carbocycles. The molecule has 5 rings (SSSR count). The molecule has 1 aromatic heterocycles. The molecule has 0 saturated carbocycles. The highest BCUT2D eigenvalue weighted by molar-refractivity contribution is 6.35. The molecule has 0 amide bonds. The van der Waals surface area contributed by atoms with E-state index in [4.69, 9.17) is 44.0 Å². The molecule has 32 heavy (non-hydrogen) atoms. The third-order valence-corrected chi connectivity index (χ3v) is 7.55. The lowest BCUT2D eigenvalue weighted by molar-refractivity contribution is -0.983. The number of benzene rings is 3. The average Bonchev–Trinajstić information content (AvgIpc) is 3.13. The summed E-state index contributed by atoms with van der Waals surface area (Å²) in [4.78, 5) is 0. The van der Waals surface area contributed by atoms with Crippen LogP contribution in [0.5, 0.6) is 5.75 Å². The molecule has 0 bridgehead atoms. The van der Waals surface area contributed by atoms with Crippen molar-refractivity contribution in [1.82, 2.24) is 0 Å². The molecule has 1 aliphatic rings. The van der Waals surface area contributed by atoms with Crippen LogP contribution in [0.4, 0.5) is 0 Å². The van der Waals surface area contributed by atoms with Crippen molar-refractivity contribution in [3.8, 4) is 5.75 Å². The number of hydrogen-bond acceptors (Lipinski definition) is 2. The van der Waals surface area contributed by atoms with Crippen LogP contribution < -0.4 is 4.74 Å². The van der Waals surface area contributed by atoms with Gasteiger partial charge in [0.2, 0.25) is 6.23 Å². The summed E-state index contributed by atoms with van der Waals surface area (Å²) >= 11 is 18.8. The van der Waals surface area contributed by atoms with E-state index in [0.717, 1.165) is 75.2 Å². The lowest BCUT2D eigenvalue weighted by atomic mass is 10.0. The molecule has 1 fully saturated rings. The van der Waals surface area contributed by atoms with Gasteiger partial charge in [-0.05, 0) is 56.2 Å². The molecule has 2 atom stereocenters. The number of furan rings is 1. The first-order chi connectivity index (χ1) is 15.5. The van der Waals surface area contributed by atoms with Crippen LogP contribution in [0.15, 0.2) is 59.0 Å². The average molecular weight is 490 g/mol. The van der Waals surface area contributed by atoms with E-state index in [1.54, 1.807) is 0 Å². The molecule has 2 heterocycles. The lowest BCUT2D eigenvalue weighted by Gasteiger charge is -2.46. The van der Waals surface area contributed by atoms with Gasteiger partial charge < -0.3 is 9.15 Å². The Hall–Kier alpha value is -1.91. The summed E-state index contributed by atoms with van der Waals surface area (Å²) in [7, 11) is 0. The molecule has 3 nitrogen and oxygen atoms in total. The van der Waals surface area contributed by atoms with Gasteiger partial charge in [0.05, 0.1) is 18.1 Å². The molecule has 6 heteroatoms. The van der Waals surface area contributed by atoms with Crippen molar-refractivity contribution in [2.45, 2.75) is 39.0 Å². The van der Waals surface area contributed by atoms with E-state index in [-0.39, 0.29) is 6.23 Å². The Kier molecular flexibility index (Phi) is 6.02. The van der Waals surface area contributed by atoms with Crippen LogP contribution in [0.1, 0.15) is 31.7 Å². The minimum atomic E-state index is 0.0526. The highest BCUT2D eigenvalue weighted by Crippen LogP contribution is 2.36. The van der Waals surface area contributed by atoms with Crippen molar-refractivity contribution in [3.63, 3.8) is 0 Å². The van der Waals surface area contributed by atoms with Crippen molar-refractivity contribution < 1.29 is 13.6 Å². The second-order valence-corrected chi connectivity index (χ2v) is 9.90. The minimum absolute atomic E-state index is 0.0526. The summed E-state index contributed by atoms with van der Waals surface area (Å²) in [6.07, 6.45) is 3.40. The molecule has 3 aromatic carbocycles. The Morgan fingerprint density at radius 2 is 1.62 bits per heavy atom. The molecule has 1 aliphatic heterocycles. The largest absolute Gasteiger partial charge is 0.456 e. The van der Waals surface area contributed by atoms with Crippen LogP contribution in [0, 0.1) is 0 Å². The second-order valence-electron chi connectivity index (χ2n) is 8.62. The normalized spacial score (nSPS) is 21.3. The molecule has 0 radical (unpaired) electrons. The number of rotatable bonds is 5. The van der Waals surface area contributed by atoms with Crippen LogP contribution >= 0.6 is 34.8 Å². The standard InChI is InChI=1S/C26H25Cl3NO2/c1-2-30(16-17-6-7-18(27)13-23(17)29)12-4-3-5-26(30)31-20-9-11-22-21-10-8-19(28)14-24(21)32-25(22)15-20/h6-11,13-15,26H,2-5,12,16H2,1H3/q+1. The molecule has 166 valence electrons. The van der Waals surface area contributed by atoms with E-state index in [1.807, 2.05) is 48.5 Å². The van der Waals surface area contributed by atoms with Crippen molar-refractivity contribution in [3.05, 3.63) is 75.2 Å². The van der Waals surface area contributed by atoms with Crippen LogP contribution in [-0.2, 0) is 6.54 Å². The Labute approximate surface area is 203 Å². The van der Waals surface area contributed by atoms with Crippen molar-refractivity contribution in [1.29, 1.82) is 0 Å². The maximum absolute atomic E-state index is 6.64. The number of hydrogen-bond donors (Lipinski definition) is 0. The zero-order valence-corrected chi connectivity index (χ0v) is 20.2. The van der Waals surface area contributed by atoms with Crippen LogP contribution in [0.2, 0.25) is 15.1 Å². The van der Waals surface area contributed by atoms with Gasteiger partial charge in [0.15, 0.2) is 0 Å². The first-order valence-corrected chi connectivity index (χ1v) is 12.2. The lowest BCUT2D eigenvalue weighted by Crippen LogP contribution is -2.59. The zero-order valence-electron chi connectivity index (χ0n) is 17.9. The number of ether oxygens (including phenoxy) is 1. The number of nitrogens with zero attached hydrogens (tertiary/aromatic N) is 1. The highest BCUT2D eigenvalue weighted by Gasteiger charge is 2.40. The van der Waals surface area contributed by atoms with Crippen molar-refractivity contribution in [2.75, 3.05) is 13.1 Å². The minimum Gasteiger partial charge on any atom is -0.456 e. The second kappa shape index (κ2) is 8.79. The van der Waals surface area contributed by atoms with Gasteiger partial charge in [-0.25, -0.2) is 0 Å². The molecule has 4 aromatic rings. The van der Waals surface area contributed by atoms with Gasteiger partial charge in [0, 0.05) is 44.9 Å². The third-order valence-electron chi connectivity index (χ3n) is 6.72. The molecule has 0 spiro atoms. The van der Waals surface area contributed by atoms with E-state index < -0.39 is 0 Å². The number of piperidine rings is 1. The van der Waals surface area contributed by atoms with Gasteiger partial charge >= 0.3 is 0 Å². The number of likely N-dealkylation sites (tertiary alicyclic amines) is 1. The van der Waals surface area contributed by atoms with Gasteiger partial charge in [-0.3, -0.25) is 4.48 Å². The van der Waals surface area contributed by atoms with Crippen LogP contribution in [0.3, 0.4) is 0 Å². The Morgan fingerprint density at radius 3 is 2.41 bits per heavy atom. The van der Waals surface area contributed by atoms with E-state index >= 15 is 0 Å². The summed E-state index contributed by atoms with van der Waals surface area (Å²) in [6, 6.07) is 17.6. The fourth-order valence-corrected chi connectivity index (χ4v) is 5.57. The Morgan fingerprint density at radius 1 is 0.906 bits per heavy atom. The molecular formula is C26H25Cl3NO2+. The van der Waals surface area contributed by atoms with E-state index in [1.165, 1.54) is 6.42 Å². The topological polar surface area (TPSA) is 22.4 Å². The van der Waals surface area contributed by atoms with Crippen molar-refractivity contribution in [2.24, 2.45) is 0 Å². The van der Waals surface area contributed by atoms with E-state index in [2.05, 4.69) is 13.0 Å². The van der Waals surface area contributed by atoms with Crippen LogP contribution in [0.25, 0.3) is 21.9 Å². The molecule has 0 N–H and O–H groups in total. The number of fused-ring (bicyclic) bond motifs is 3. The quantitative estimate of drug-likeness (QED) is 0.262. The first-order valence-electron chi connectivity index (χ1n) is 11.1. The first kappa shape index (κ1) is 21.9. The van der Waals surface area contributed by atoms with Gasteiger partial charge in [-0.1, -0.05) is 40.9 Å². The Balaban J connectivity index is 1.46. The van der Waals surface area contributed by atoms with E-state index in [9.17, 15) is 0 Å². The van der Waals surface area contributed by atoms with E-state index in [0.29, 0.717) is 10.0 Å². The maximum atomic E-state index is 6.64. The molecule has 2 unspecified atom stereocenters. The Bertz CT molecular complexity index is 1290. The van der Waals surface area contributed by atoms with Crippen molar-refractivity contribution >= 4 is 56.7 Å². The number of halogens is 3. The van der Waals surface area contributed by atoms with Gasteiger partial charge in [-0.2, -0.15) is 0 Å².